The molecule has 2 saturated heterocycles. The van der Waals surface area contributed by atoms with Crippen LogP contribution in [-0.4, -0.2) is 51.3 Å². The topological polar surface area (TPSA) is 48.0 Å². The summed E-state index contributed by atoms with van der Waals surface area (Å²) in [5.41, 5.74) is 1.12. The number of hydrogen-bond donors (Lipinski definition) is 0. The van der Waals surface area contributed by atoms with E-state index in [2.05, 4.69) is 6.07 Å². The largest absolute Gasteiger partial charge is 0.493 e. The number of carbonyl (C=O) groups excluding carboxylic acids is 1. The monoisotopic (exact) mass is 305 g/mol. The van der Waals surface area contributed by atoms with Crippen LogP contribution in [0.5, 0.6) is 11.5 Å². The highest BCUT2D eigenvalue weighted by molar-refractivity contribution is 5.79. The molecule has 3 rings (SSSR count). The maximum Gasteiger partial charge on any atom is 0.228 e. The molecular weight excluding hydrogens is 282 g/mol. The van der Waals surface area contributed by atoms with E-state index in [1.807, 2.05) is 17.0 Å². The van der Waals surface area contributed by atoms with Crippen molar-refractivity contribution in [2.24, 2.45) is 5.92 Å². The first kappa shape index (κ1) is 15.2. The van der Waals surface area contributed by atoms with Crippen molar-refractivity contribution in [1.29, 1.82) is 0 Å². The molecular formula is C17H23NO4. The highest BCUT2D eigenvalue weighted by atomic mass is 16.5. The molecule has 2 heterocycles. The zero-order valence-electron chi connectivity index (χ0n) is 13.2. The van der Waals surface area contributed by atoms with Crippen molar-refractivity contribution in [3.05, 3.63) is 23.8 Å². The van der Waals surface area contributed by atoms with E-state index in [9.17, 15) is 4.79 Å². The Morgan fingerprint density at radius 3 is 2.82 bits per heavy atom. The van der Waals surface area contributed by atoms with E-state index in [1.54, 1.807) is 14.2 Å². The Morgan fingerprint density at radius 2 is 2.14 bits per heavy atom. The highest BCUT2D eigenvalue weighted by Crippen LogP contribution is 2.39. The minimum atomic E-state index is 0.0472. The number of carbonyl (C=O) groups is 1. The summed E-state index contributed by atoms with van der Waals surface area (Å²) in [4.78, 5) is 14.5. The van der Waals surface area contributed by atoms with Crippen LogP contribution in [0.15, 0.2) is 18.2 Å². The molecule has 2 aliphatic heterocycles. The summed E-state index contributed by atoms with van der Waals surface area (Å²) < 4.78 is 16.2. The van der Waals surface area contributed by atoms with E-state index in [1.165, 1.54) is 0 Å². The van der Waals surface area contributed by atoms with Gasteiger partial charge >= 0.3 is 0 Å². The van der Waals surface area contributed by atoms with Gasteiger partial charge in [-0.3, -0.25) is 4.79 Å². The fraction of sp³-hybridized carbons (Fsp3) is 0.588. The van der Waals surface area contributed by atoms with Crippen LogP contribution in [-0.2, 0) is 9.53 Å². The average molecular weight is 305 g/mol. The summed E-state index contributed by atoms with van der Waals surface area (Å²) >= 11 is 0. The maximum absolute atomic E-state index is 12.5. The van der Waals surface area contributed by atoms with Gasteiger partial charge in [-0.25, -0.2) is 0 Å². The van der Waals surface area contributed by atoms with Crippen molar-refractivity contribution in [3.63, 3.8) is 0 Å². The molecule has 120 valence electrons. The summed E-state index contributed by atoms with van der Waals surface area (Å²) in [7, 11) is 3.31. The summed E-state index contributed by atoms with van der Waals surface area (Å²) in [6, 6.07) is 5.95. The number of hydrogen-bond acceptors (Lipinski definition) is 4. The third-order valence-corrected chi connectivity index (χ3v) is 4.65. The number of rotatable bonds is 4. The van der Waals surface area contributed by atoms with Crippen molar-refractivity contribution in [1.82, 2.24) is 4.90 Å². The predicted molar refractivity (Wildman–Crippen MR) is 82.4 cm³/mol. The predicted octanol–water partition coefficient (Wildman–Crippen LogP) is 2.06. The molecule has 0 N–H and O–H groups in total. The lowest BCUT2D eigenvalue weighted by Crippen LogP contribution is -2.34. The molecule has 0 bridgehead atoms. The number of ether oxygens (including phenoxy) is 3. The Bertz CT molecular complexity index is 539. The van der Waals surface area contributed by atoms with E-state index in [0.717, 1.165) is 43.0 Å². The molecule has 0 spiro atoms. The van der Waals surface area contributed by atoms with Gasteiger partial charge in [0.25, 0.3) is 0 Å². The first-order valence-corrected chi connectivity index (χ1v) is 7.82. The van der Waals surface area contributed by atoms with Crippen LogP contribution in [0.25, 0.3) is 0 Å². The molecule has 0 saturated carbocycles. The first-order chi connectivity index (χ1) is 10.7. The Morgan fingerprint density at radius 1 is 1.27 bits per heavy atom. The van der Waals surface area contributed by atoms with Crippen LogP contribution < -0.4 is 9.47 Å². The van der Waals surface area contributed by atoms with Crippen molar-refractivity contribution in [3.8, 4) is 11.5 Å². The van der Waals surface area contributed by atoms with E-state index in [4.69, 9.17) is 14.2 Å². The lowest BCUT2D eigenvalue weighted by atomic mass is 9.97. The number of para-hydroxylation sites is 1. The Kier molecular flexibility index (Phi) is 4.52. The standard InChI is InChI=1S/C17H23NO4/c1-20-15-5-3-4-14(16(15)21-2)12-6-8-18(10-12)17(19)13-7-9-22-11-13/h3-5,12-13H,6-11H2,1-2H3. The van der Waals surface area contributed by atoms with Gasteiger partial charge < -0.3 is 19.1 Å². The first-order valence-electron chi connectivity index (χ1n) is 7.82. The van der Waals surface area contributed by atoms with Crippen LogP contribution in [0.4, 0.5) is 0 Å². The molecule has 2 aliphatic rings. The smallest absolute Gasteiger partial charge is 0.228 e. The number of amides is 1. The van der Waals surface area contributed by atoms with E-state index < -0.39 is 0 Å². The van der Waals surface area contributed by atoms with E-state index in [-0.39, 0.29) is 11.8 Å². The minimum absolute atomic E-state index is 0.0472. The third kappa shape index (κ3) is 2.77. The summed E-state index contributed by atoms with van der Waals surface area (Å²) in [5, 5.41) is 0. The fourth-order valence-electron chi connectivity index (χ4n) is 3.44. The van der Waals surface area contributed by atoms with Gasteiger partial charge in [0.05, 0.1) is 26.7 Å². The van der Waals surface area contributed by atoms with Gasteiger partial charge in [0.1, 0.15) is 0 Å². The third-order valence-electron chi connectivity index (χ3n) is 4.65. The lowest BCUT2D eigenvalue weighted by molar-refractivity contribution is -0.134. The van der Waals surface area contributed by atoms with Gasteiger partial charge in [0, 0.05) is 31.2 Å². The number of nitrogens with zero attached hydrogens (tertiary/aromatic N) is 1. The quantitative estimate of drug-likeness (QED) is 0.854. The second-order valence-corrected chi connectivity index (χ2v) is 5.91. The van der Waals surface area contributed by atoms with Gasteiger partial charge in [0.2, 0.25) is 5.91 Å². The Balaban J connectivity index is 1.74. The van der Waals surface area contributed by atoms with Crippen LogP contribution in [0.2, 0.25) is 0 Å². The fourth-order valence-corrected chi connectivity index (χ4v) is 3.44. The average Bonchev–Trinajstić information content (AvgIpc) is 3.24. The van der Waals surface area contributed by atoms with E-state index in [0.29, 0.717) is 19.1 Å². The molecule has 2 unspecified atom stereocenters. The van der Waals surface area contributed by atoms with Crippen LogP contribution in [0.1, 0.15) is 24.3 Å². The molecule has 1 amide bonds. The number of likely N-dealkylation sites (tertiary alicyclic amines) is 1. The molecule has 22 heavy (non-hydrogen) atoms. The van der Waals surface area contributed by atoms with Crippen molar-refractivity contribution < 1.29 is 19.0 Å². The number of methoxy groups -OCH3 is 2. The second-order valence-electron chi connectivity index (χ2n) is 5.91. The molecule has 0 aliphatic carbocycles. The van der Waals surface area contributed by atoms with Gasteiger partial charge in [-0.05, 0) is 18.9 Å². The molecule has 2 fully saturated rings. The van der Waals surface area contributed by atoms with Crippen LogP contribution in [0.3, 0.4) is 0 Å². The maximum atomic E-state index is 12.5. The second kappa shape index (κ2) is 6.57. The normalized spacial score (nSPS) is 24.5. The molecule has 1 aromatic carbocycles. The molecule has 0 radical (unpaired) electrons. The summed E-state index contributed by atoms with van der Waals surface area (Å²) in [6.45, 7) is 2.83. The minimum Gasteiger partial charge on any atom is -0.493 e. The van der Waals surface area contributed by atoms with Crippen LogP contribution in [0, 0.1) is 5.92 Å². The molecule has 5 heteroatoms. The van der Waals surface area contributed by atoms with Crippen LogP contribution >= 0.6 is 0 Å². The summed E-state index contributed by atoms with van der Waals surface area (Å²) in [5.74, 6) is 2.12. The van der Waals surface area contributed by atoms with Gasteiger partial charge in [-0.1, -0.05) is 12.1 Å². The van der Waals surface area contributed by atoms with Crippen molar-refractivity contribution in [2.45, 2.75) is 18.8 Å². The van der Waals surface area contributed by atoms with Gasteiger partial charge in [-0.15, -0.1) is 0 Å². The van der Waals surface area contributed by atoms with Crippen molar-refractivity contribution >= 4 is 5.91 Å². The van der Waals surface area contributed by atoms with Gasteiger partial charge in [0.15, 0.2) is 11.5 Å². The summed E-state index contributed by atoms with van der Waals surface area (Å²) in [6.07, 6.45) is 1.81. The molecule has 1 aromatic rings. The molecule has 2 atom stereocenters. The SMILES string of the molecule is COc1cccc(C2CCN(C(=O)C3CCOC3)C2)c1OC. The van der Waals surface area contributed by atoms with E-state index >= 15 is 0 Å². The van der Waals surface area contributed by atoms with Crippen molar-refractivity contribution in [2.75, 3.05) is 40.5 Å². The Labute approximate surface area is 131 Å². The molecule has 5 nitrogen and oxygen atoms in total. The zero-order chi connectivity index (χ0) is 15.5. The highest BCUT2D eigenvalue weighted by Gasteiger charge is 2.34. The number of benzene rings is 1. The Hall–Kier alpha value is -1.75. The lowest BCUT2D eigenvalue weighted by Gasteiger charge is -2.21. The van der Waals surface area contributed by atoms with Gasteiger partial charge in [-0.2, -0.15) is 0 Å². The zero-order valence-corrected chi connectivity index (χ0v) is 13.2. The molecule has 0 aromatic heterocycles.